The molecule has 15 heavy (non-hydrogen) atoms. The zero-order valence-corrected chi connectivity index (χ0v) is 8.68. The molecule has 0 aliphatic rings. The lowest BCUT2D eigenvalue weighted by atomic mass is 10.2. The second-order valence-corrected chi connectivity index (χ2v) is 3.44. The number of carbonyl (C=O) groups excluding carboxylic acids is 1. The molecule has 0 amide bonds. The first-order valence-electron chi connectivity index (χ1n) is 5.01. The van der Waals surface area contributed by atoms with Crippen molar-refractivity contribution in [3.63, 3.8) is 0 Å². The second-order valence-electron chi connectivity index (χ2n) is 3.44. The Hall–Kier alpha value is -1.83. The summed E-state index contributed by atoms with van der Waals surface area (Å²) < 4.78 is 2.08. The summed E-state index contributed by atoms with van der Waals surface area (Å²) in [6.07, 6.45) is 6.89. The Balaban J connectivity index is 2.59. The number of aldehydes is 1. The number of allylic oxidation sites excluding steroid dienone is 2. The standard InChI is InChI=1S/C13H13NO/c1-2-3-8-14-9-11(10-15)12-6-4-5-7-13(12)14/h2-7,9-10H,8H2,1H3/b3-2+. The molecule has 0 radical (unpaired) electrons. The van der Waals surface area contributed by atoms with Gasteiger partial charge in [0, 0.05) is 29.2 Å². The Kier molecular flexibility index (Phi) is 2.68. The van der Waals surface area contributed by atoms with Gasteiger partial charge in [-0.05, 0) is 13.0 Å². The van der Waals surface area contributed by atoms with E-state index in [2.05, 4.69) is 10.6 Å². The maximum Gasteiger partial charge on any atom is 0.152 e. The van der Waals surface area contributed by atoms with Crippen LogP contribution in [0.5, 0.6) is 0 Å². The largest absolute Gasteiger partial charge is 0.343 e. The highest BCUT2D eigenvalue weighted by Crippen LogP contribution is 2.19. The third kappa shape index (κ3) is 1.71. The molecule has 0 fully saturated rings. The summed E-state index contributed by atoms with van der Waals surface area (Å²) in [5, 5.41) is 1.03. The topological polar surface area (TPSA) is 22.0 Å². The van der Waals surface area contributed by atoms with E-state index in [0.29, 0.717) is 0 Å². The summed E-state index contributed by atoms with van der Waals surface area (Å²) in [5.41, 5.74) is 1.87. The van der Waals surface area contributed by atoms with E-state index < -0.39 is 0 Å². The minimum Gasteiger partial charge on any atom is -0.343 e. The third-order valence-corrected chi connectivity index (χ3v) is 2.48. The first-order chi connectivity index (χ1) is 7.36. The van der Waals surface area contributed by atoms with E-state index in [0.717, 1.165) is 29.3 Å². The normalized spacial score (nSPS) is 11.3. The predicted molar refractivity (Wildman–Crippen MR) is 62.1 cm³/mol. The molecule has 76 valence electrons. The number of hydrogen-bond donors (Lipinski definition) is 0. The third-order valence-electron chi connectivity index (χ3n) is 2.48. The zero-order chi connectivity index (χ0) is 10.7. The first kappa shape index (κ1) is 9.71. The molecule has 0 N–H and O–H groups in total. The monoisotopic (exact) mass is 199 g/mol. The fourth-order valence-electron chi connectivity index (χ4n) is 1.74. The Morgan fingerprint density at radius 2 is 2.13 bits per heavy atom. The number of rotatable bonds is 3. The Morgan fingerprint density at radius 3 is 2.87 bits per heavy atom. The Labute approximate surface area is 88.8 Å². The molecule has 0 unspecified atom stereocenters. The van der Waals surface area contributed by atoms with Crippen LogP contribution in [0.1, 0.15) is 17.3 Å². The molecule has 0 spiro atoms. The summed E-state index contributed by atoms with van der Waals surface area (Å²) in [4.78, 5) is 10.9. The van der Waals surface area contributed by atoms with Crippen molar-refractivity contribution in [3.8, 4) is 0 Å². The SMILES string of the molecule is C/C=C/Cn1cc(C=O)c2ccccc21. The molecule has 1 aromatic heterocycles. The summed E-state index contributed by atoms with van der Waals surface area (Å²) >= 11 is 0. The van der Waals surface area contributed by atoms with Crippen LogP contribution in [0.4, 0.5) is 0 Å². The molecule has 2 heteroatoms. The smallest absolute Gasteiger partial charge is 0.152 e. The van der Waals surface area contributed by atoms with Gasteiger partial charge in [0.2, 0.25) is 0 Å². The molecule has 2 nitrogen and oxygen atoms in total. The Morgan fingerprint density at radius 1 is 1.33 bits per heavy atom. The van der Waals surface area contributed by atoms with E-state index in [1.807, 2.05) is 43.5 Å². The summed E-state index contributed by atoms with van der Waals surface area (Å²) in [5.74, 6) is 0. The average Bonchev–Trinajstić information content (AvgIpc) is 2.65. The van der Waals surface area contributed by atoms with Gasteiger partial charge in [-0.25, -0.2) is 0 Å². The van der Waals surface area contributed by atoms with Gasteiger partial charge in [0.05, 0.1) is 0 Å². The van der Waals surface area contributed by atoms with Crippen LogP contribution in [0.2, 0.25) is 0 Å². The van der Waals surface area contributed by atoms with Crippen molar-refractivity contribution in [1.82, 2.24) is 4.57 Å². The fraction of sp³-hybridized carbons (Fsp3) is 0.154. The van der Waals surface area contributed by atoms with Crippen LogP contribution >= 0.6 is 0 Å². The predicted octanol–water partition coefficient (Wildman–Crippen LogP) is 3.03. The van der Waals surface area contributed by atoms with Crippen LogP contribution in [0.15, 0.2) is 42.6 Å². The van der Waals surface area contributed by atoms with E-state index >= 15 is 0 Å². The molecule has 1 heterocycles. The van der Waals surface area contributed by atoms with Crippen molar-refractivity contribution in [2.45, 2.75) is 13.5 Å². The van der Waals surface area contributed by atoms with E-state index in [1.165, 1.54) is 0 Å². The minimum atomic E-state index is 0.759. The van der Waals surface area contributed by atoms with Crippen LogP contribution in [0.25, 0.3) is 10.9 Å². The molecule has 2 rings (SSSR count). The van der Waals surface area contributed by atoms with Crippen LogP contribution in [0.3, 0.4) is 0 Å². The summed E-state index contributed by atoms with van der Waals surface area (Å²) in [6, 6.07) is 7.95. The molecule has 0 aliphatic heterocycles. The van der Waals surface area contributed by atoms with Crippen molar-refractivity contribution in [3.05, 3.63) is 48.2 Å². The lowest BCUT2D eigenvalue weighted by molar-refractivity contribution is 0.112. The number of aromatic nitrogens is 1. The number of para-hydroxylation sites is 1. The van der Waals surface area contributed by atoms with E-state index in [-0.39, 0.29) is 0 Å². The van der Waals surface area contributed by atoms with Gasteiger partial charge in [0.25, 0.3) is 0 Å². The van der Waals surface area contributed by atoms with E-state index in [9.17, 15) is 4.79 Å². The van der Waals surface area contributed by atoms with Crippen molar-refractivity contribution in [2.75, 3.05) is 0 Å². The molecule has 0 saturated heterocycles. The maximum absolute atomic E-state index is 10.9. The maximum atomic E-state index is 10.9. The van der Waals surface area contributed by atoms with Crippen molar-refractivity contribution >= 4 is 17.2 Å². The highest BCUT2D eigenvalue weighted by Gasteiger charge is 2.05. The van der Waals surface area contributed by atoms with Gasteiger partial charge < -0.3 is 4.57 Å². The van der Waals surface area contributed by atoms with E-state index in [1.54, 1.807) is 0 Å². The highest BCUT2D eigenvalue weighted by atomic mass is 16.1. The van der Waals surface area contributed by atoms with Crippen molar-refractivity contribution in [2.24, 2.45) is 0 Å². The summed E-state index contributed by atoms with van der Waals surface area (Å²) in [7, 11) is 0. The lowest BCUT2D eigenvalue weighted by Crippen LogP contribution is -1.91. The Bertz CT molecular complexity index is 508. The first-order valence-corrected chi connectivity index (χ1v) is 5.01. The number of hydrogen-bond acceptors (Lipinski definition) is 1. The minimum absolute atomic E-state index is 0.759. The van der Waals surface area contributed by atoms with Crippen LogP contribution in [-0.4, -0.2) is 10.9 Å². The molecule has 0 bridgehead atoms. The van der Waals surface area contributed by atoms with Gasteiger partial charge in [-0.2, -0.15) is 0 Å². The van der Waals surface area contributed by atoms with Crippen LogP contribution in [-0.2, 0) is 6.54 Å². The molecule has 0 saturated carbocycles. The van der Waals surface area contributed by atoms with Gasteiger partial charge in [-0.1, -0.05) is 30.4 Å². The zero-order valence-electron chi connectivity index (χ0n) is 8.68. The lowest BCUT2D eigenvalue weighted by Gasteiger charge is -1.99. The number of nitrogens with zero attached hydrogens (tertiary/aromatic N) is 1. The molecular weight excluding hydrogens is 186 g/mol. The number of carbonyl (C=O) groups is 1. The van der Waals surface area contributed by atoms with Crippen LogP contribution < -0.4 is 0 Å². The number of fused-ring (bicyclic) bond motifs is 1. The van der Waals surface area contributed by atoms with Gasteiger partial charge >= 0.3 is 0 Å². The second kappa shape index (κ2) is 4.13. The van der Waals surface area contributed by atoms with Gasteiger partial charge in [-0.15, -0.1) is 0 Å². The molecule has 2 aromatic rings. The van der Waals surface area contributed by atoms with Crippen molar-refractivity contribution < 1.29 is 4.79 Å². The number of benzene rings is 1. The summed E-state index contributed by atoms with van der Waals surface area (Å²) in [6.45, 7) is 2.80. The van der Waals surface area contributed by atoms with Gasteiger partial charge in [0.15, 0.2) is 6.29 Å². The van der Waals surface area contributed by atoms with E-state index in [4.69, 9.17) is 0 Å². The fourth-order valence-corrected chi connectivity index (χ4v) is 1.74. The highest BCUT2D eigenvalue weighted by molar-refractivity contribution is 5.97. The van der Waals surface area contributed by atoms with Crippen LogP contribution in [0, 0.1) is 0 Å². The molecule has 1 aromatic carbocycles. The van der Waals surface area contributed by atoms with Gasteiger partial charge in [-0.3, -0.25) is 4.79 Å². The van der Waals surface area contributed by atoms with Crippen molar-refractivity contribution in [1.29, 1.82) is 0 Å². The molecule has 0 aliphatic carbocycles. The van der Waals surface area contributed by atoms with Gasteiger partial charge in [0.1, 0.15) is 0 Å². The molecular formula is C13H13NO. The molecule has 0 atom stereocenters. The quantitative estimate of drug-likeness (QED) is 0.550. The average molecular weight is 199 g/mol.